The van der Waals surface area contributed by atoms with Gasteiger partial charge in [-0.15, -0.1) is 0 Å². The van der Waals surface area contributed by atoms with E-state index in [4.69, 9.17) is 10.00 Å². The molecule has 1 rings (SSSR count). The Morgan fingerprint density at radius 1 is 1.59 bits per heavy atom. The first-order chi connectivity index (χ1) is 8.17. The number of hydrogen-bond donors (Lipinski definition) is 2. The van der Waals surface area contributed by atoms with Crippen molar-refractivity contribution in [3.63, 3.8) is 0 Å². The molecule has 5 heteroatoms. The summed E-state index contributed by atoms with van der Waals surface area (Å²) in [5.41, 5.74) is 0.824. The lowest BCUT2D eigenvalue weighted by atomic mass is 10.2. The maximum atomic E-state index is 12.8. The first-order valence-corrected chi connectivity index (χ1v) is 5.28. The molecule has 1 atom stereocenters. The Morgan fingerprint density at radius 2 is 2.35 bits per heavy atom. The number of methoxy groups -OCH3 is 1. The minimum atomic E-state index is -0.543. The summed E-state index contributed by atoms with van der Waals surface area (Å²) in [6.07, 6.45) is -0.0470. The number of nitriles is 1. The van der Waals surface area contributed by atoms with Crippen LogP contribution in [0.4, 0.5) is 10.1 Å². The van der Waals surface area contributed by atoms with Gasteiger partial charge in [-0.25, -0.2) is 4.39 Å². The smallest absolute Gasteiger partial charge is 0.124 e. The predicted octanol–water partition coefficient (Wildman–Crippen LogP) is 1.51. The first kappa shape index (κ1) is 13.4. The minimum absolute atomic E-state index is 0.256. The summed E-state index contributed by atoms with van der Waals surface area (Å²) in [5.74, 6) is -0.438. The van der Waals surface area contributed by atoms with E-state index in [9.17, 15) is 9.50 Å². The Hall–Kier alpha value is -1.64. The van der Waals surface area contributed by atoms with Crippen LogP contribution in [-0.4, -0.2) is 31.5 Å². The standard InChI is InChI=1S/C12H15FN2O2/c1-17-8-11(16)4-5-15-12-3-2-10(13)6-9(12)7-14/h2-3,6,11,15-16H,4-5,8H2,1H3. The fourth-order valence-electron chi connectivity index (χ4n) is 1.41. The molecule has 0 radical (unpaired) electrons. The maximum Gasteiger partial charge on any atom is 0.124 e. The summed E-state index contributed by atoms with van der Waals surface area (Å²) < 4.78 is 17.6. The Morgan fingerprint density at radius 3 is 3.00 bits per heavy atom. The van der Waals surface area contributed by atoms with Crippen LogP contribution in [0.25, 0.3) is 0 Å². The van der Waals surface area contributed by atoms with Crippen LogP contribution in [-0.2, 0) is 4.74 Å². The second-order valence-corrected chi connectivity index (χ2v) is 3.63. The number of nitrogens with one attached hydrogen (secondary N) is 1. The molecular formula is C12H15FN2O2. The van der Waals surface area contributed by atoms with Crippen LogP contribution in [0.2, 0.25) is 0 Å². The number of rotatable bonds is 6. The van der Waals surface area contributed by atoms with E-state index in [0.29, 0.717) is 18.7 Å². The highest BCUT2D eigenvalue weighted by atomic mass is 19.1. The molecule has 0 aromatic heterocycles. The highest BCUT2D eigenvalue weighted by Crippen LogP contribution is 2.15. The number of aliphatic hydroxyl groups excluding tert-OH is 1. The maximum absolute atomic E-state index is 12.8. The van der Waals surface area contributed by atoms with Crippen LogP contribution in [0.5, 0.6) is 0 Å². The van der Waals surface area contributed by atoms with Crippen molar-refractivity contribution < 1.29 is 14.2 Å². The normalized spacial score (nSPS) is 11.9. The molecule has 1 aromatic rings. The van der Waals surface area contributed by atoms with Crippen molar-refractivity contribution in [1.82, 2.24) is 0 Å². The molecule has 92 valence electrons. The van der Waals surface area contributed by atoms with Gasteiger partial charge in [-0.2, -0.15) is 5.26 Å². The SMILES string of the molecule is COCC(O)CCNc1ccc(F)cc1C#N. The molecule has 0 spiro atoms. The summed E-state index contributed by atoms with van der Waals surface area (Å²) in [6.45, 7) is 0.765. The van der Waals surface area contributed by atoms with Crippen LogP contribution in [0, 0.1) is 17.1 Å². The second-order valence-electron chi connectivity index (χ2n) is 3.63. The van der Waals surface area contributed by atoms with Crippen molar-refractivity contribution >= 4 is 5.69 Å². The average Bonchev–Trinajstić information content (AvgIpc) is 2.31. The van der Waals surface area contributed by atoms with Gasteiger partial charge in [0.1, 0.15) is 11.9 Å². The first-order valence-electron chi connectivity index (χ1n) is 5.28. The fourth-order valence-corrected chi connectivity index (χ4v) is 1.41. The molecule has 0 bridgehead atoms. The zero-order valence-electron chi connectivity index (χ0n) is 9.61. The number of aliphatic hydroxyl groups is 1. The van der Waals surface area contributed by atoms with Crippen LogP contribution in [0.3, 0.4) is 0 Å². The van der Waals surface area contributed by atoms with E-state index in [-0.39, 0.29) is 12.2 Å². The quantitative estimate of drug-likeness (QED) is 0.788. The summed E-state index contributed by atoms with van der Waals surface area (Å²) >= 11 is 0. The Kier molecular flexibility index (Phi) is 5.40. The molecule has 0 aliphatic carbocycles. The fraction of sp³-hybridized carbons (Fsp3) is 0.417. The molecule has 0 fully saturated rings. The van der Waals surface area contributed by atoms with Crippen molar-refractivity contribution in [2.24, 2.45) is 0 Å². The van der Waals surface area contributed by atoms with Crippen molar-refractivity contribution in [3.05, 3.63) is 29.6 Å². The van der Waals surface area contributed by atoms with E-state index in [0.717, 1.165) is 0 Å². The molecule has 17 heavy (non-hydrogen) atoms. The Balaban J connectivity index is 2.50. The molecular weight excluding hydrogens is 223 g/mol. The van der Waals surface area contributed by atoms with Gasteiger partial charge >= 0.3 is 0 Å². The minimum Gasteiger partial charge on any atom is -0.391 e. The van der Waals surface area contributed by atoms with Gasteiger partial charge in [-0.1, -0.05) is 0 Å². The molecule has 2 N–H and O–H groups in total. The van der Waals surface area contributed by atoms with Crippen molar-refractivity contribution in [2.75, 3.05) is 25.6 Å². The number of nitrogens with zero attached hydrogens (tertiary/aromatic N) is 1. The predicted molar refractivity (Wildman–Crippen MR) is 62.1 cm³/mol. The van der Waals surface area contributed by atoms with Gasteiger partial charge in [0.05, 0.1) is 24.0 Å². The van der Waals surface area contributed by atoms with Gasteiger partial charge in [0.2, 0.25) is 0 Å². The largest absolute Gasteiger partial charge is 0.391 e. The molecule has 0 heterocycles. The zero-order chi connectivity index (χ0) is 12.7. The van der Waals surface area contributed by atoms with E-state index in [1.807, 2.05) is 6.07 Å². The van der Waals surface area contributed by atoms with Crippen molar-refractivity contribution in [3.8, 4) is 6.07 Å². The number of hydrogen-bond acceptors (Lipinski definition) is 4. The van der Waals surface area contributed by atoms with Crippen molar-refractivity contribution in [2.45, 2.75) is 12.5 Å². The highest BCUT2D eigenvalue weighted by Gasteiger charge is 2.05. The molecule has 1 unspecified atom stereocenters. The van der Waals surface area contributed by atoms with Crippen LogP contribution in [0.1, 0.15) is 12.0 Å². The lowest BCUT2D eigenvalue weighted by Crippen LogP contribution is -2.18. The monoisotopic (exact) mass is 238 g/mol. The number of benzene rings is 1. The van der Waals surface area contributed by atoms with Gasteiger partial charge in [-0.3, -0.25) is 0 Å². The third kappa shape index (κ3) is 4.39. The van der Waals surface area contributed by atoms with Gasteiger partial charge in [0.15, 0.2) is 0 Å². The molecule has 0 amide bonds. The van der Waals surface area contributed by atoms with Gasteiger partial charge in [0.25, 0.3) is 0 Å². The third-order valence-electron chi connectivity index (χ3n) is 2.25. The summed E-state index contributed by atoms with van der Waals surface area (Å²) in [6, 6.07) is 5.88. The van der Waals surface area contributed by atoms with E-state index in [2.05, 4.69) is 5.32 Å². The Labute approximate surface area is 99.6 Å². The van der Waals surface area contributed by atoms with E-state index >= 15 is 0 Å². The molecule has 1 aromatic carbocycles. The van der Waals surface area contributed by atoms with Gasteiger partial charge < -0.3 is 15.2 Å². The summed E-state index contributed by atoms with van der Waals surface area (Å²) in [7, 11) is 1.52. The second kappa shape index (κ2) is 6.84. The molecule has 0 saturated carbocycles. The number of anilines is 1. The molecule has 4 nitrogen and oxygen atoms in total. The van der Waals surface area contributed by atoms with Crippen LogP contribution in [0.15, 0.2) is 18.2 Å². The van der Waals surface area contributed by atoms with E-state index in [1.54, 1.807) is 0 Å². The van der Waals surface area contributed by atoms with E-state index in [1.165, 1.54) is 25.3 Å². The summed E-state index contributed by atoms with van der Waals surface area (Å²) in [5, 5.41) is 21.2. The molecule has 0 aliphatic heterocycles. The van der Waals surface area contributed by atoms with Crippen molar-refractivity contribution in [1.29, 1.82) is 5.26 Å². The van der Waals surface area contributed by atoms with Crippen LogP contribution >= 0.6 is 0 Å². The summed E-state index contributed by atoms with van der Waals surface area (Å²) in [4.78, 5) is 0. The average molecular weight is 238 g/mol. The molecule has 0 aliphatic rings. The topological polar surface area (TPSA) is 65.3 Å². The van der Waals surface area contributed by atoms with Gasteiger partial charge in [-0.05, 0) is 24.6 Å². The zero-order valence-corrected chi connectivity index (χ0v) is 9.61. The lowest BCUT2D eigenvalue weighted by molar-refractivity contribution is 0.0615. The van der Waals surface area contributed by atoms with Crippen LogP contribution < -0.4 is 5.32 Å². The van der Waals surface area contributed by atoms with E-state index < -0.39 is 11.9 Å². The number of halogens is 1. The third-order valence-corrected chi connectivity index (χ3v) is 2.25. The number of ether oxygens (including phenoxy) is 1. The van der Waals surface area contributed by atoms with Gasteiger partial charge in [0, 0.05) is 13.7 Å². The highest BCUT2D eigenvalue weighted by molar-refractivity contribution is 5.57. The Bertz CT molecular complexity index is 404. The lowest BCUT2D eigenvalue weighted by Gasteiger charge is -2.11. The molecule has 0 saturated heterocycles.